The molecule has 0 aliphatic rings. The first-order chi connectivity index (χ1) is 11.3. The summed E-state index contributed by atoms with van der Waals surface area (Å²) in [4.78, 5) is 23.4. The molecule has 0 amide bonds. The summed E-state index contributed by atoms with van der Waals surface area (Å²) in [6.45, 7) is 7.59. The zero-order valence-electron chi connectivity index (χ0n) is 14.4. The molecule has 2 rings (SSSR count). The average Bonchev–Trinajstić information content (AvgIpc) is 2.48. The van der Waals surface area contributed by atoms with Gasteiger partial charge in [0.15, 0.2) is 0 Å². The quantitative estimate of drug-likeness (QED) is 0.665. The van der Waals surface area contributed by atoms with Crippen LogP contribution in [0.3, 0.4) is 0 Å². The van der Waals surface area contributed by atoms with Gasteiger partial charge in [-0.1, -0.05) is 19.4 Å². The molecule has 5 heteroatoms. The highest BCUT2D eigenvalue weighted by Gasteiger charge is 2.18. The van der Waals surface area contributed by atoms with Gasteiger partial charge in [-0.15, -0.1) is 0 Å². The van der Waals surface area contributed by atoms with Crippen LogP contribution in [-0.2, 0) is 9.53 Å². The Labute approximate surface area is 140 Å². The highest BCUT2D eigenvalue weighted by molar-refractivity contribution is 5.93. The van der Waals surface area contributed by atoms with E-state index < -0.39 is 5.63 Å². The van der Waals surface area contributed by atoms with Crippen LogP contribution in [0.5, 0.6) is 5.75 Å². The number of phenolic OH excluding ortho intramolecular Hbond substituents is 1. The Bertz CT molecular complexity index is 838. The fourth-order valence-electron chi connectivity index (χ4n) is 2.43. The van der Waals surface area contributed by atoms with Crippen molar-refractivity contribution in [1.82, 2.24) is 0 Å². The Kier molecular flexibility index (Phi) is 5.44. The van der Waals surface area contributed by atoms with Gasteiger partial charge in [0.25, 0.3) is 0 Å². The third kappa shape index (κ3) is 4.04. The Morgan fingerprint density at radius 1 is 1.21 bits per heavy atom. The van der Waals surface area contributed by atoms with E-state index in [0.29, 0.717) is 28.5 Å². The van der Waals surface area contributed by atoms with E-state index >= 15 is 0 Å². The summed E-state index contributed by atoms with van der Waals surface area (Å²) in [5, 5.41) is 11.0. The van der Waals surface area contributed by atoms with Crippen LogP contribution in [0.4, 0.5) is 0 Å². The molecule has 2 aromatic rings. The molecule has 1 heterocycles. The SMILES string of the molecule is CC(C)=C(COC(=O)CC(C)C)c1c(O)ccc2ccc(=O)oc12. The summed E-state index contributed by atoms with van der Waals surface area (Å²) in [6, 6.07) is 6.17. The average molecular weight is 330 g/mol. The highest BCUT2D eigenvalue weighted by atomic mass is 16.5. The molecule has 0 radical (unpaired) electrons. The second kappa shape index (κ2) is 7.34. The molecule has 0 spiro atoms. The first-order valence-electron chi connectivity index (χ1n) is 7.87. The van der Waals surface area contributed by atoms with Crippen LogP contribution in [0.1, 0.15) is 39.7 Å². The molecule has 0 aliphatic heterocycles. The standard InChI is InChI=1S/C19H22O5/c1-11(2)9-17(22)23-10-14(12(3)4)18-15(20)7-5-13-6-8-16(21)24-19(13)18/h5-8,11,20H,9-10H2,1-4H3. The normalized spacial score (nSPS) is 10.9. The number of carbonyl (C=O) groups is 1. The van der Waals surface area contributed by atoms with Crippen molar-refractivity contribution in [1.29, 1.82) is 0 Å². The van der Waals surface area contributed by atoms with Crippen molar-refractivity contribution in [3.05, 3.63) is 45.8 Å². The van der Waals surface area contributed by atoms with Gasteiger partial charge in [0.1, 0.15) is 17.9 Å². The van der Waals surface area contributed by atoms with E-state index in [1.165, 1.54) is 12.1 Å². The second-order valence-electron chi connectivity index (χ2n) is 6.37. The van der Waals surface area contributed by atoms with E-state index in [-0.39, 0.29) is 24.2 Å². The molecule has 1 aromatic carbocycles. The summed E-state index contributed by atoms with van der Waals surface area (Å²) < 4.78 is 10.6. The summed E-state index contributed by atoms with van der Waals surface area (Å²) in [5.74, 6) is -0.116. The molecule has 0 atom stereocenters. The van der Waals surface area contributed by atoms with Gasteiger partial charge >= 0.3 is 11.6 Å². The number of allylic oxidation sites excluding steroid dienone is 1. The third-order valence-corrected chi connectivity index (χ3v) is 3.63. The van der Waals surface area contributed by atoms with Gasteiger partial charge < -0.3 is 14.3 Å². The molecule has 0 saturated heterocycles. The smallest absolute Gasteiger partial charge is 0.336 e. The molecule has 24 heavy (non-hydrogen) atoms. The maximum atomic E-state index is 11.8. The van der Waals surface area contributed by atoms with Crippen LogP contribution in [0, 0.1) is 5.92 Å². The van der Waals surface area contributed by atoms with Gasteiger partial charge in [-0.3, -0.25) is 4.79 Å². The van der Waals surface area contributed by atoms with Crippen molar-refractivity contribution >= 4 is 22.5 Å². The van der Waals surface area contributed by atoms with Crippen molar-refractivity contribution in [2.75, 3.05) is 6.61 Å². The number of ether oxygens (including phenoxy) is 1. The van der Waals surface area contributed by atoms with Crippen molar-refractivity contribution < 1.29 is 19.1 Å². The predicted octanol–water partition coefficient (Wildman–Crippen LogP) is 3.88. The van der Waals surface area contributed by atoms with Crippen molar-refractivity contribution in [2.45, 2.75) is 34.1 Å². The zero-order chi connectivity index (χ0) is 17.9. The lowest BCUT2D eigenvalue weighted by Crippen LogP contribution is -2.11. The third-order valence-electron chi connectivity index (χ3n) is 3.63. The number of hydrogen-bond acceptors (Lipinski definition) is 5. The Morgan fingerprint density at radius 2 is 1.88 bits per heavy atom. The first kappa shape index (κ1) is 17.8. The predicted molar refractivity (Wildman–Crippen MR) is 92.8 cm³/mol. The van der Waals surface area contributed by atoms with Gasteiger partial charge in [0.05, 0.1) is 5.56 Å². The number of esters is 1. The zero-order valence-corrected chi connectivity index (χ0v) is 14.4. The lowest BCUT2D eigenvalue weighted by molar-refractivity contribution is -0.143. The van der Waals surface area contributed by atoms with E-state index in [4.69, 9.17) is 9.15 Å². The van der Waals surface area contributed by atoms with E-state index in [2.05, 4.69) is 0 Å². The second-order valence-corrected chi connectivity index (χ2v) is 6.37. The molecule has 0 saturated carbocycles. The van der Waals surface area contributed by atoms with Crippen molar-refractivity contribution in [3.63, 3.8) is 0 Å². The molecule has 5 nitrogen and oxygen atoms in total. The molecule has 0 unspecified atom stereocenters. The molecule has 128 valence electrons. The maximum absolute atomic E-state index is 11.8. The van der Waals surface area contributed by atoms with Gasteiger partial charge in [-0.25, -0.2) is 4.79 Å². The monoisotopic (exact) mass is 330 g/mol. The highest BCUT2D eigenvalue weighted by Crippen LogP contribution is 2.34. The summed E-state index contributed by atoms with van der Waals surface area (Å²) in [5.41, 5.74) is 1.67. The molecular formula is C19H22O5. The Morgan fingerprint density at radius 3 is 2.50 bits per heavy atom. The van der Waals surface area contributed by atoms with E-state index in [9.17, 15) is 14.7 Å². The van der Waals surface area contributed by atoms with Crippen LogP contribution < -0.4 is 5.63 Å². The van der Waals surface area contributed by atoms with Crippen LogP contribution in [0.25, 0.3) is 16.5 Å². The Hall–Kier alpha value is -2.56. The van der Waals surface area contributed by atoms with Crippen molar-refractivity contribution in [2.24, 2.45) is 5.92 Å². The van der Waals surface area contributed by atoms with Crippen LogP contribution in [0.15, 0.2) is 39.1 Å². The summed E-state index contributed by atoms with van der Waals surface area (Å²) in [6.07, 6.45) is 0.326. The summed E-state index contributed by atoms with van der Waals surface area (Å²) >= 11 is 0. The van der Waals surface area contributed by atoms with E-state index in [0.717, 1.165) is 5.57 Å². The molecule has 1 N–H and O–H groups in total. The lowest BCUT2D eigenvalue weighted by atomic mass is 9.98. The van der Waals surface area contributed by atoms with Crippen LogP contribution in [-0.4, -0.2) is 17.7 Å². The number of rotatable bonds is 5. The number of carbonyl (C=O) groups excluding carboxylic acids is 1. The molecular weight excluding hydrogens is 308 g/mol. The van der Waals surface area contributed by atoms with Gasteiger partial charge in [-0.2, -0.15) is 0 Å². The van der Waals surface area contributed by atoms with Crippen molar-refractivity contribution in [3.8, 4) is 5.75 Å². The summed E-state index contributed by atoms with van der Waals surface area (Å²) in [7, 11) is 0. The van der Waals surface area contributed by atoms with E-state index in [1.54, 1.807) is 12.1 Å². The minimum absolute atomic E-state index is 0.0131. The number of aromatic hydroxyl groups is 1. The Balaban J connectivity index is 2.46. The van der Waals surface area contributed by atoms with Gasteiger partial charge in [0, 0.05) is 23.4 Å². The van der Waals surface area contributed by atoms with Crippen LogP contribution >= 0.6 is 0 Å². The molecule has 0 aliphatic carbocycles. The largest absolute Gasteiger partial charge is 0.507 e. The molecule has 1 aromatic heterocycles. The maximum Gasteiger partial charge on any atom is 0.336 e. The molecule has 0 fully saturated rings. The fraction of sp³-hybridized carbons (Fsp3) is 0.368. The van der Waals surface area contributed by atoms with Gasteiger partial charge in [-0.05, 0) is 38.0 Å². The topological polar surface area (TPSA) is 76.7 Å². The van der Waals surface area contributed by atoms with Gasteiger partial charge in [0.2, 0.25) is 0 Å². The minimum Gasteiger partial charge on any atom is -0.507 e. The van der Waals surface area contributed by atoms with Crippen LogP contribution in [0.2, 0.25) is 0 Å². The number of fused-ring (bicyclic) bond motifs is 1. The number of hydrogen-bond donors (Lipinski definition) is 1. The molecule has 0 bridgehead atoms. The number of benzene rings is 1. The first-order valence-corrected chi connectivity index (χ1v) is 7.87. The number of phenols is 1. The van der Waals surface area contributed by atoms with E-state index in [1.807, 2.05) is 27.7 Å². The minimum atomic E-state index is -0.501. The lowest BCUT2D eigenvalue weighted by Gasteiger charge is -2.15. The fourth-order valence-corrected chi connectivity index (χ4v) is 2.43.